The molecule has 0 unspecified atom stereocenters. The molecule has 0 radical (unpaired) electrons. The molecule has 5 heteroatoms. The number of aromatic nitrogens is 2. The van der Waals surface area contributed by atoms with Crippen molar-refractivity contribution in [1.82, 2.24) is 14.9 Å². The minimum atomic E-state index is 0.0136. The highest BCUT2D eigenvalue weighted by atomic mass is 32.1. The van der Waals surface area contributed by atoms with Crippen LogP contribution in [0.4, 0.5) is 5.69 Å². The van der Waals surface area contributed by atoms with Gasteiger partial charge in [-0.2, -0.15) is 0 Å². The molecular formula is C25H28N4S. The molecule has 5 rings (SSSR count). The van der Waals surface area contributed by atoms with E-state index in [-0.39, 0.29) is 12.1 Å². The van der Waals surface area contributed by atoms with Crippen LogP contribution in [0, 0.1) is 13.8 Å². The van der Waals surface area contributed by atoms with E-state index in [1.165, 1.54) is 42.4 Å². The Balaban J connectivity index is 1.58. The van der Waals surface area contributed by atoms with E-state index in [2.05, 4.69) is 76.3 Å². The SMILES string of the molecule is Cc1ccc(N2C(=S)N[C@H](c3ccccn3)[C@@H]2c2ccn(C3CCCC3)c2)cc1C. The Hall–Kier alpha value is -2.66. The van der Waals surface area contributed by atoms with Crippen LogP contribution in [0.2, 0.25) is 0 Å². The zero-order valence-electron chi connectivity index (χ0n) is 17.6. The van der Waals surface area contributed by atoms with Gasteiger partial charge in [0, 0.05) is 30.3 Å². The average molecular weight is 417 g/mol. The highest BCUT2D eigenvalue weighted by Gasteiger charge is 2.41. The third-order valence-corrected chi connectivity index (χ3v) is 7.01. The van der Waals surface area contributed by atoms with Crippen LogP contribution in [0.25, 0.3) is 0 Å². The van der Waals surface area contributed by atoms with Crippen molar-refractivity contribution in [2.75, 3.05) is 4.90 Å². The third-order valence-electron chi connectivity index (χ3n) is 6.69. The van der Waals surface area contributed by atoms with Crippen LogP contribution in [0.1, 0.15) is 66.2 Å². The lowest BCUT2D eigenvalue weighted by atomic mass is 9.98. The number of benzene rings is 1. The normalized spacial score (nSPS) is 21.9. The number of hydrogen-bond donors (Lipinski definition) is 1. The molecule has 3 aromatic rings. The summed E-state index contributed by atoms with van der Waals surface area (Å²) in [5.41, 5.74) is 6.00. The van der Waals surface area contributed by atoms with Crippen molar-refractivity contribution < 1.29 is 0 Å². The van der Waals surface area contributed by atoms with E-state index in [9.17, 15) is 0 Å². The van der Waals surface area contributed by atoms with E-state index < -0.39 is 0 Å². The van der Waals surface area contributed by atoms with Crippen LogP contribution in [-0.2, 0) is 0 Å². The topological polar surface area (TPSA) is 33.1 Å². The lowest BCUT2D eigenvalue weighted by molar-refractivity contribution is 0.515. The number of aryl methyl sites for hydroxylation is 2. The molecule has 1 aliphatic heterocycles. The highest BCUT2D eigenvalue weighted by molar-refractivity contribution is 7.80. The third kappa shape index (κ3) is 3.41. The van der Waals surface area contributed by atoms with Gasteiger partial charge < -0.3 is 14.8 Å². The summed E-state index contributed by atoms with van der Waals surface area (Å²) >= 11 is 5.85. The van der Waals surface area contributed by atoms with E-state index in [1.807, 2.05) is 18.3 Å². The number of anilines is 1. The molecular weight excluding hydrogens is 388 g/mol. The first kappa shape index (κ1) is 19.3. The summed E-state index contributed by atoms with van der Waals surface area (Å²) < 4.78 is 2.41. The lowest BCUT2D eigenvalue weighted by Gasteiger charge is -2.28. The molecule has 2 aliphatic rings. The Bertz CT molecular complexity index is 1050. The summed E-state index contributed by atoms with van der Waals surface area (Å²) in [6, 6.07) is 15.7. The zero-order chi connectivity index (χ0) is 20.7. The number of hydrogen-bond acceptors (Lipinski definition) is 2. The quantitative estimate of drug-likeness (QED) is 0.546. The molecule has 0 spiro atoms. The summed E-state index contributed by atoms with van der Waals surface area (Å²) in [4.78, 5) is 6.93. The predicted octanol–water partition coefficient (Wildman–Crippen LogP) is 5.79. The van der Waals surface area contributed by atoms with Gasteiger partial charge in [-0.05, 0) is 85.9 Å². The molecule has 0 amide bonds. The second-order valence-corrected chi connectivity index (χ2v) is 8.98. The van der Waals surface area contributed by atoms with Crippen LogP contribution < -0.4 is 10.2 Å². The lowest BCUT2D eigenvalue weighted by Crippen LogP contribution is -2.29. The zero-order valence-corrected chi connectivity index (χ0v) is 18.4. The van der Waals surface area contributed by atoms with Gasteiger partial charge in [0.05, 0.1) is 17.8 Å². The molecule has 3 heterocycles. The Morgan fingerprint density at radius 3 is 2.60 bits per heavy atom. The summed E-state index contributed by atoms with van der Waals surface area (Å²) in [7, 11) is 0. The fourth-order valence-corrected chi connectivity index (χ4v) is 5.23. The first-order valence-corrected chi connectivity index (χ1v) is 11.3. The standard InChI is InChI=1S/C25H28N4S/c1-17-10-11-21(15-18(17)2)29-24(19-12-14-28(16-19)20-7-3-4-8-20)23(27-25(29)30)22-9-5-6-13-26-22/h5-6,9-16,20,23-24H,3-4,7-8H2,1-2H3,(H,27,30)/t23-,24+/m1/s1. The molecule has 0 bridgehead atoms. The van der Waals surface area contributed by atoms with Gasteiger partial charge in [-0.1, -0.05) is 25.0 Å². The number of nitrogens with zero attached hydrogens (tertiary/aromatic N) is 3. The molecule has 1 saturated heterocycles. The fourth-order valence-electron chi connectivity index (χ4n) is 4.88. The van der Waals surface area contributed by atoms with Gasteiger partial charge in [0.1, 0.15) is 0 Å². The van der Waals surface area contributed by atoms with Gasteiger partial charge in [-0.3, -0.25) is 4.98 Å². The van der Waals surface area contributed by atoms with Crippen molar-refractivity contribution in [2.24, 2.45) is 0 Å². The van der Waals surface area contributed by atoms with E-state index in [4.69, 9.17) is 12.2 Å². The van der Waals surface area contributed by atoms with Crippen molar-refractivity contribution in [3.8, 4) is 0 Å². The number of rotatable bonds is 4. The van der Waals surface area contributed by atoms with Crippen molar-refractivity contribution >= 4 is 23.0 Å². The number of nitrogens with one attached hydrogen (secondary N) is 1. The molecule has 154 valence electrons. The average Bonchev–Trinajstić information content (AvgIpc) is 3.50. The summed E-state index contributed by atoms with van der Waals surface area (Å²) in [5, 5.41) is 4.32. The minimum absolute atomic E-state index is 0.0136. The summed E-state index contributed by atoms with van der Waals surface area (Å²) in [6.45, 7) is 4.31. The van der Waals surface area contributed by atoms with E-state index in [0.29, 0.717) is 6.04 Å². The molecule has 1 aromatic carbocycles. The van der Waals surface area contributed by atoms with Gasteiger partial charge in [0.2, 0.25) is 0 Å². The van der Waals surface area contributed by atoms with Crippen LogP contribution in [-0.4, -0.2) is 14.7 Å². The van der Waals surface area contributed by atoms with Crippen molar-refractivity contribution in [3.05, 3.63) is 83.4 Å². The smallest absolute Gasteiger partial charge is 0.174 e. The number of thiocarbonyl (C=S) groups is 1. The van der Waals surface area contributed by atoms with Crippen molar-refractivity contribution in [1.29, 1.82) is 0 Å². The van der Waals surface area contributed by atoms with Crippen molar-refractivity contribution in [3.63, 3.8) is 0 Å². The Morgan fingerprint density at radius 2 is 1.87 bits per heavy atom. The van der Waals surface area contributed by atoms with Crippen LogP contribution in [0.3, 0.4) is 0 Å². The Labute approximate surface area is 183 Å². The first-order valence-electron chi connectivity index (χ1n) is 10.9. The first-order chi connectivity index (χ1) is 14.6. The van der Waals surface area contributed by atoms with Gasteiger partial charge in [-0.25, -0.2) is 0 Å². The molecule has 1 saturated carbocycles. The molecule has 2 aromatic heterocycles. The molecule has 1 aliphatic carbocycles. The highest BCUT2D eigenvalue weighted by Crippen LogP contribution is 2.42. The number of pyridine rings is 1. The molecule has 2 atom stereocenters. The summed E-state index contributed by atoms with van der Waals surface area (Å²) in [6.07, 6.45) is 11.7. The van der Waals surface area contributed by atoms with Gasteiger partial charge in [0.15, 0.2) is 5.11 Å². The maximum atomic E-state index is 5.85. The Kier molecular flexibility index (Phi) is 5.07. The summed E-state index contributed by atoms with van der Waals surface area (Å²) in [5.74, 6) is 0. The van der Waals surface area contributed by atoms with Crippen LogP contribution in [0.15, 0.2) is 61.1 Å². The second kappa shape index (κ2) is 7.88. The minimum Gasteiger partial charge on any atom is -0.351 e. The molecule has 30 heavy (non-hydrogen) atoms. The van der Waals surface area contributed by atoms with Gasteiger partial charge in [-0.15, -0.1) is 0 Å². The van der Waals surface area contributed by atoms with E-state index >= 15 is 0 Å². The van der Waals surface area contributed by atoms with Gasteiger partial charge >= 0.3 is 0 Å². The largest absolute Gasteiger partial charge is 0.351 e. The molecule has 4 nitrogen and oxygen atoms in total. The van der Waals surface area contributed by atoms with E-state index in [0.717, 1.165) is 16.5 Å². The van der Waals surface area contributed by atoms with Crippen LogP contribution >= 0.6 is 12.2 Å². The monoisotopic (exact) mass is 416 g/mol. The maximum Gasteiger partial charge on any atom is 0.174 e. The van der Waals surface area contributed by atoms with E-state index in [1.54, 1.807) is 0 Å². The molecule has 1 N–H and O–H groups in total. The van der Waals surface area contributed by atoms with Crippen LogP contribution in [0.5, 0.6) is 0 Å². The van der Waals surface area contributed by atoms with Gasteiger partial charge in [0.25, 0.3) is 0 Å². The fraction of sp³-hybridized carbons (Fsp3) is 0.360. The second-order valence-electron chi connectivity index (χ2n) is 8.60. The molecule has 2 fully saturated rings. The van der Waals surface area contributed by atoms with Crippen molar-refractivity contribution in [2.45, 2.75) is 57.7 Å². The Morgan fingerprint density at radius 1 is 1.03 bits per heavy atom. The predicted molar refractivity (Wildman–Crippen MR) is 126 cm³/mol. The maximum absolute atomic E-state index is 5.85.